The molecule has 0 aliphatic heterocycles. The van der Waals surface area contributed by atoms with Crippen molar-refractivity contribution in [3.63, 3.8) is 0 Å². The van der Waals surface area contributed by atoms with Gasteiger partial charge in [-0.2, -0.15) is 5.10 Å². The molecule has 0 saturated heterocycles. The first kappa shape index (κ1) is 18.0. The molecule has 0 spiro atoms. The molecule has 0 N–H and O–H groups in total. The van der Waals surface area contributed by atoms with Crippen molar-refractivity contribution in [2.75, 3.05) is 13.7 Å². The number of nitrogens with zero attached hydrogens (tertiary/aromatic N) is 3. The Morgan fingerprint density at radius 1 is 1.15 bits per heavy atom. The minimum atomic E-state index is 0.0198. The van der Waals surface area contributed by atoms with Crippen LogP contribution in [-0.2, 0) is 11.3 Å². The number of halogens is 1. The molecular weight excluding hydrogens is 350 g/mol. The number of ether oxygens (including phenoxy) is 1. The predicted octanol–water partition coefficient (Wildman–Crippen LogP) is 3.95. The molecule has 3 aromatic rings. The average molecular weight is 370 g/mol. The Morgan fingerprint density at radius 2 is 1.88 bits per heavy atom. The standard InChI is InChI=1S/C20H20ClN3O2/c1-23(20(25)11-12-26-19-9-7-17(21)8-10-19)14-16-13-22-24(15-16)18-5-3-2-4-6-18/h2-10,13,15H,11-12,14H2,1H3. The molecule has 0 aliphatic carbocycles. The highest BCUT2D eigenvalue weighted by Crippen LogP contribution is 2.16. The molecule has 0 unspecified atom stereocenters. The van der Waals surface area contributed by atoms with Crippen LogP contribution < -0.4 is 4.74 Å². The van der Waals surface area contributed by atoms with Crippen LogP contribution in [-0.4, -0.2) is 34.2 Å². The molecule has 0 fully saturated rings. The SMILES string of the molecule is CN(Cc1cnn(-c2ccccc2)c1)C(=O)CCOc1ccc(Cl)cc1. The molecule has 0 aliphatic rings. The Bertz CT molecular complexity index is 847. The summed E-state index contributed by atoms with van der Waals surface area (Å²) in [5, 5.41) is 5.01. The van der Waals surface area contributed by atoms with Gasteiger partial charge in [-0.1, -0.05) is 29.8 Å². The Morgan fingerprint density at radius 3 is 2.62 bits per heavy atom. The number of hydrogen-bond acceptors (Lipinski definition) is 3. The van der Waals surface area contributed by atoms with Crippen LogP contribution in [0.15, 0.2) is 67.0 Å². The van der Waals surface area contributed by atoms with Crippen LogP contribution in [0, 0.1) is 0 Å². The zero-order valence-corrected chi connectivity index (χ0v) is 15.3. The summed E-state index contributed by atoms with van der Waals surface area (Å²) in [6.45, 7) is 0.834. The van der Waals surface area contributed by atoms with Gasteiger partial charge in [0.05, 0.1) is 24.9 Å². The highest BCUT2D eigenvalue weighted by molar-refractivity contribution is 6.30. The van der Waals surface area contributed by atoms with Gasteiger partial charge in [0.2, 0.25) is 5.91 Å². The van der Waals surface area contributed by atoms with Crippen molar-refractivity contribution in [3.8, 4) is 11.4 Å². The summed E-state index contributed by atoms with van der Waals surface area (Å²) in [7, 11) is 1.78. The van der Waals surface area contributed by atoms with Crippen molar-refractivity contribution in [2.24, 2.45) is 0 Å². The number of rotatable bonds is 7. The zero-order valence-electron chi connectivity index (χ0n) is 14.5. The Hall–Kier alpha value is -2.79. The van der Waals surface area contributed by atoms with E-state index in [1.165, 1.54) is 0 Å². The van der Waals surface area contributed by atoms with E-state index in [1.54, 1.807) is 47.1 Å². The van der Waals surface area contributed by atoms with E-state index in [-0.39, 0.29) is 5.91 Å². The van der Waals surface area contributed by atoms with Gasteiger partial charge in [-0.05, 0) is 36.4 Å². The van der Waals surface area contributed by atoms with Gasteiger partial charge >= 0.3 is 0 Å². The third kappa shape index (κ3) is 4.86. The molecule has 5 nitrogen and oxygen atoms in total. The van der Waals surface area contributed by atoms with Crippen LogP contribution in [0.5, 0.6) is 5.75 Å². The summed E-state index contributed by atoms with van der Waals surface area (Å²) in [4.78, 5) is 13.9. The Kier molecular flexibility index (Phi) is 5.92. The largest absolute Gasteiger partial charge is 0.493 e. The maximum absolute atomic E-state index is 12.3. The van der Waals surface area contributed by atoms with Crippen molar-refractivity contribution in [1.29, 1.82) is 0 Å². The van der Waals surface area contributed by atoms with Gasteiger partial charge in [0.1, 0.15) is 5.75 Å². The molecular formula is C20H20ClN3O2. The second-order valence-corrected chi connectivity index (χ2v) is 6.37. The quantitative estimate of drug-likeness (QED) is 0.633. The fourth-order valence-electron chi connectivity index (χ4n) is 2.50. The number of para-hydroxylation sites is 1. The first-order valence-corrected chi connectivity index (χ1v) is 8.71. The van der Waals surface area contributed by atoms with Gasteiger partial charge in [-0.3, -0.25) is 4.79 Å². The van der Waals surface area contributed by atoms with Crippen molar-refractivity contribution >= 4 is 17.5 Å². The van der Waals surface area contributed by atoms with Crippen LogP contribution in [0.1, 0.15) is 12.0 Å². The molecule has 3 rings (SSSR count). The molecule has 6 heteroatoms. The van der Waals surface area contributed by atoms with Crippen molar-refractivity contribution < 1.29 is 9.53 Å². The fraction of sp³-hybridized carbons (Fsp3) is 0.200. The van der Waals surface area contributed by atoms with Gasteiger partial charge in [-0.15, -0.1) is 0 Å². The lowest BCUT2D eigenvalue weighted by Gasteiger charge is -2.16. The maximum Gasteiger partial charge on any atom is 0.226 e. The van der Waals surface area contributed by atoms with Gasteiger partial charge in [0.25, 0.3) is 0 Å². The first-order valence-electron chi connectivity index (χ1n) is 8.33. The number of carbonyl (C=O) groups is 1. The van der Waals surface area contributed by atoms with Gasteiger partial charge in [0.15, 0.2) is 0 Å². The molecule has 0 bridgehead atoms. The van der Waals surface area contributed by atoms with Crippen LogP contribution in [0.2, 0.25) is 5.02 Å². The van der Waals surface area contributed by atoms with Crippen molar-refractivity contribution in [1.82, 2.24) is 14.7 Å². The molecule has 1 aromatic heterocycles. The average Bonchev–Trinajstić information content (AvgIpc) is 3.12. The second-order valence-electron chi connectivity index (χ2n) is 5.93. The molecule has 26 heavy (non-hydrogen) atoms. The zero-order chi connectivity index (χ0) is 18.4. The third-order valence-corrected chi connectivity index (χ3v) is 4.15. The summed E-state index contributed by atoms with van der Waals surface area (Å²) in [5.41, 5.74) is 1.97. The second kappa shape index (κ2) is 8.54. The van der Waals surface area contributed by atoms with Crippen molar-refractivity contribution in [2.45, 2.75) is 13.0 Å². The Labute approximate surface area is 157 Å². The van der Waals surface area contributed by atoms with E-state index in [2.05, 4.69) is 5.10 Å². The van der Waals surface area contributed by atoms with E-state index in [0.29, 0.717) is 30.3 Å². The first-order chi connectivity index (χ1) is 12.6. The summed E-state index contributed by atoms with van der Waals surface area (Å²) in [6.07, 6.45) is 4.02. The topological polar surface area (TPSA) is 47.4 Å². The van der Waals surface area contributed by atoms with Gasteiger partial charge in [-0.25, -0.2) is 4.68 Å². The summed E-state index contributed by atoms with van der Waals surface area (Å²) in [6, 6.07) is 17.0. The predicted molar refractivity (Wildman–Crippen MR) is 102 cm³/mol. The highest BCUT2D eigenvalue weighted by atomic mass is 35.5. The summed E-state index contributed by atoms with van der Waals surface area (Å²) < 4.78 is 7.37. The van der Waals surface area contributed by atoms with Crippen LogP contribution >= 0.6 is 11.6 Å². The normalized spacial score (nSPS) is 10.5. The van der Waals surface area contributed by atoms with Crippen LogP contribution in [0.25, 0.3) is 5.69 Å². The lowest BCUT2D eigenvalue weighted by Crippen LogP contribution is -2.27. The lowest BCUT2D eigenvalue weighted by molar-refractivity contribution is -0.130. The number of aromatic nitrogens is 2. The van der Waals surface area contributed by atoms with E-state index in [0.717, 1.165) is 11.3 Å². The van der Waals surface area contributed by atoms with E-state index >= 15 is 0 Å². The molecule has 1 heterocycles. The number of carbonyl (C=O) groups excluding carboxylic acids is 1. The third-order valence-electron chi connectivity index (χ3n) is 3.90. The molecule has 2 aromatic carbocycles. The number of amides is 1. The van der Waals surface area contributed by atoms with Crippen LogP contribution in [0.3, 0.4) is 0 Å². The van der Waals surface area contributed by atoms with Crippen molar-refractivity contribution in [3.05, 3.63) is 77.6 Å². The minimum absolute atomic E-state index is 0.0198. The summed E-state index contributed by atoms with van der Waals surface area (Å²) in [5.74, 6) is 0.723. The lowest BCUT2D eigenvalue weighted by atomic mass is 10.3. The molecule has 134 valence electrons. The van der Waals surface area contributed by atoms with E-state index < -0.39 is 0 Å². The Balaban J connectivity index is 1.48. The van der Waals surface area contributed by atoms with Gasteiger partial charge in [0, 0.05) is 30.4 Å². The molecule has 1 amide bonds. The van der Waals surface area contributed by atoms with Crippen LogP contribution in [0.4, 0.5) is 0 Å². The van der Waals surface area contributed by atoms with E-state index in [9.17, 15) is 4.79 Å². The minimum Gasteiger partial charge on any atom is -0.493 e. The number of hydrogen-bond donors (Lipinski definition) is 0. The fourth-order valence-corrected chi connectivity index (χ4v) is 2.63. The smallest absolute Gasteiger partial charge is 0.226 e. The van der Waals surface area contributed by atoms with Gasteiger partial charge < -0.3 is 9.64 Å². The number of benzene rings is 2. The summed E-state index contributed by atoms with van der Waals surface area (Å²) >= 11 is 5.83. The maximum atomic E-state index is 12.3. The monoisotopic (exact) mass is 369 g/mol. The van der Waals surface area contributed by atoms with E-state index in [1.807, 2.05) is 36.5 Å². The highest BCUT2D eigenvalue weighted by Gasteiger charge is 2.11. The molecule has 0 radical (unpaired) electrons. The molecule has 0 atom stereocenters. The molecule has 0 saturated carbocycles. The van der Waals surface area contributed by atoms with E-state index in [4.69, 9.17) is 16.3 Å².